The largest absolute Gasteiger partial charge is 0.488 e. The fraction of sp³-hybridized carbons (Fsp3) is 0.136. The Bertz CT molecular complexity index is 979. The third-order valence-electron chi connectivity index (χ3n) is 4.17. The first-order chi connectivity index (χ1) is 13.0. The molecule has 0 unspecified atom stereocenters. The van der Waals surface area contributed by atoms with E-state index >= 15 is 0 Å². The highest BCUT2D eigenvalue weighted by Gasteiger charge is 2.06. The molecule has 0 atom stereocenters. The van der Waals surface area contributed by atoms with Crippen molar-refractivity contribution < 1.29 is 9.66 Å². The summed E-state index contributed by atoms with van der Waals surface area (Å²) in [6, 6.07) is 20.2. The van der Waals surface area contributed by atoms with Crippen molar-refractivity contribution in [3.63, 3.8) is 0 Å². The molecule has 0 aromatic heterocycles. The molecule has 0 aliphatic rings. The van der Waals surface area contributed by atoms with Crippen molar-refractivity contribution >= 4 is 17.6 Å². The van der Waals surface area contributed by atoms with Crippen molar-refractivity contribution in [1.82, 2.24) is 0 Å². The van der Waals surface area contributed by atoms with Crippen LogP contribution in [0.5, 0.6) is 5.75 Å². The SMILES string of the molecule is Cc1ccc(C)c(N=Cc2ccccc2OCc2ccc([N+](=O)[O-])cc2)c1. The first-order valence-electron chi connectivity index (χ1n) is 8.59. The molecular formula is C22H20N2O3. The van der Waals surface area contributed by atoms with E-state index in [2.05, 4.69) is 17.1 Å². The van der Waals surface area contributed by atoms with Crippen LogP contribution in [0.4, 0.5) is 11.4 Å². The number of ether oxygens (including phenoxy) is 1. The van der Waals surface area contributed by atoms with Gasteiger partial charge in [-0.1, -0.05) is 24.3 Å². The molecule has 136 valence electrons. The summed E-state index contributed by atoms with van der Waals surface area (Å²) in [5.41, 5.74) is 5.01. The van der Waals surface area contributed by atoms with Crippen molar-refractivity contribution in [2.45, 2.75) is 20.5 Å². The van der Waals surface area contributed by atoms with Crippen LogP contribution in [0.3, 0.4) is 0 Å². The summed E-state index contributed by atoms with van der Waals surface area (Å²) in [6.45, 7) is 4.40. The van der Waals surface area contributed by atoms with Crippen LogP contribution in [-0.4, -0.2) is 11.1 Å². The molecule has 3 aromatic carbocycles. The Hall–Kier alpha value is -3.47. The summed E-state index contributed by atoms with van der Waals surface area (Å²) in [5, 5.41) is 10.7. The van der Waals surface area contributed by atoms with Gasteiger partial charge in [-0.15, -0.1) is 0 Å². The lowest BCUT2D eigenvalue weighted by atomic mass is 10.1. The Labute approximate surface area is 158 Å². The molecule has 0 spiro atoms. The van der Waals surface area contributed by atoms with Crippen LogP contribution in [-0.2, 0) is 6.61 Å². The lowest BCUT2D eigenvalue weighted by Crippen LogP contribution is -1.98. The Morgan fingerprint density at radius 2 is 1.78 bits per heavy atom. The minimum Gasteiger partial charge on any atom is -0.488 e. The van der Waals surface area contributed by atoms with Crippen LogP contribution in [0.1, 0.15) is 22.3 Å². The van der Waals surface area contributed by atoms with Gasteiger partial charge in [-0.2, -0.15) is 0 Å². The van der Waals surface area contributed by atoms with Crippen molar-refractivity contribution in [3.05, 3.63) is 99.1 Å². The topological polar surface area (TPSA) is 64.7 Å². The first kappa shape index (κ1) is 18.3. The van der Waals surface area contributed by atoms with Gasteiger partial charge in [0.25, 0.3) is 5.69 Å². The Morgan fingerprint density at radius 3 is 2.52 bits per heavy atom. The van der Waals surface area contributed by atoms with Gasteiger partial charge in [0.1, 0.15) is 12.4 Å². The number of rotatable bonds is 6. The number of para-hydroxylation sites is 1. The first-order valence-corrected chi connectivity index (χ1v) is 8.59. The molecule has 0 aliphatic carbocycles. The molecule has 0 aliphatic heterocycles. The highest BCUT2D eigenvalue weighted by Crippen LogP contribution is 2.22. The van der Waals surface area contributed by atoms with Gasteiger partial charge in [-0.3, -0.25) is 15.1 Å². The Morgan fingerprint density at radius 1 is 1.04 bits per heavy atom. The quantitative estimate of drug-likeness (QED) is 0.329. The summed E-state index contributed by atoms with van der Waals surface area (Å²) in [7, 11) is 0. The third-order valence-corrected chi connectivity index (χ3v) is 4.17. The fourth-order valence-electron chi connectivity index (χ4n) is 2.59. The maximum Gasteiger partial charge on any atom is 0.269 e. The molecule has 0 fully saturated rings. The average molecular weight is 360 g/mol. The highest BCUT2D eigenvalue weighted by molar-refractivity contribution is 5.85. The van der Waals surface area contributed by atoms with Gasteiger partial charge < -0.3 is 4.74 Å². The molecule has 0 saturated carbocycles. The van der Waals surface area contributed by atoms with Crippen LogP contribution in [0.2, 0.25) is 0 Å². The average Bonchev–Trinajstić information content (AvgIpc) is 2.68. The van der Waals surface area contributed by atoms with Gasteiger partial charge >= 0.3 is 0 Å². The van der Waals surface area contributed by atoms with Crippen molar-refractivity contribution in [3.8, 4) is 5.75 Å². The third kappa shape index (κ3) is 4.79. The fourth-order valence-corrected chi connectivity index (χ4v) is 2.59. The minimum absolute atomic E-state index is 0.0693. The number of nitro benzene ring substituents is 1. The molecule has 0 N–H and O–H groups in total. The smallest absolute Gasteiger partial charge is 0.269 e. The van der Waals surface area contributed by atoms with Gasteiger partial charge in [-0.05, 0) is 60.9 Å². The van der Waals surface area contributed by atoms with Crippen LogP contribution >= 0.6 is 0 Å². The number of benzene rings is 3. The molecule has 0 radical (unpaired) electrons. The molecule has 3 rings (SSSR count). The number of aliphatic imine (C=N–C) groups is 1. The Balaban J connectivity index is 1.75. The molecule has 5 heteroatoms. The zero-order valence-electron chi connectivity index (χ0n) is 15.3. The van der Waals surface area contributed by atoms with E-state index in [0.29, 0.717) is 12.4 Å². The van der Waals surface area contributed by atoms with Crippen LogP contribution in [0.25, 0.3) is 0 Å². The summed E-state index contributed by atoms with van der Waals surface area (Å²) in [4.78, 5) is 14.9. The van der Waals surface area contributed by atoms with Gasteiger partial charge in [0.05, 0.1) is 10.6 Å². The predicted molar refractivity (Wildman–Crippen MR) is 107 cm³/mol. The highest BCUT2D eigenvalue weighted by atomic mass is 16.6. The molecule has 27 heavy (non-hydrogen) atoms. The van der Waals surface area contributed by atoms with E-state index in [1.54, 1.807) is 18.3 Å². The number of non-ortho nitro benzene ring substituents is 1. The van der Waals surface area contributed by atoms with Crippen molar-refractivity contribution in [1.29, 1.82) is 0 Å². The second-order valence-corrected chi connectivity index (χ2v) is 6.30. The molecule has 5 nitrogen and oxygen atoms in total. The van der Waals surface area contributed by atoms with Crippen LogP contribution in [0, 0.1) is 24.0 Å². The number of nitro groups is 1. The van der Waals surface area contributed by atoms with E-state index in [9.17, 15) is 10.1 Å². The van der Waals surface area contributed by atoms with Gasteiger partial charge in [0.2, 0.25) is 0 Å². The summed E-state index contributed by atoms with van der Waals surface area (Å²) < 4.78 is 5.90. The summed E-state index contributed by atoms with van der Waals surface area (Å²) >= 11 is 0. The standard InChI is InChI=1S/C22H20N2O3/c1-16-7-8-17(2)21(13-16)23-14-19-5-3-4-6-22(19)27-15-18-9-11-20(12-10-18)24(25)26/h3-14H,15H2,1-2H3. The van der Waals surface area contributed by atoms with Gasteiger partial charge in [-0.25, -0.2) is 0 Å². The molecule has 0 bridgehead atoms. The lowest BCUT2D eigenvalue weighted by Gasteiger charge is -2.09. The minimum atomic E-state index is -0.413. The second kappa shape index (κ2) is 8.27. The zero-order valence-corrected chi connectivity index (χ0v) is 15.3. The number of hydrogen-bond donors (Lipinski definition) is 0. The monoisotopic (exact) mass is 360 g/mol. The van der Waals surface area contributed by atoms with E-state index in [1.807, 2.05) is 44.2 Å². The maximum atomic E-state index is 10.7. The van der Waals surface area contributed by atoms with E-state index in [1.165, 1.54) is 12.1 Å². The number of aryl methyl sites for hydroxylation is 2. The number of nitrogens with zero attached hydrogens (tertiary/aromatic N) is 2. The molecule has 3 aromatic rings. The van der Waals surface area contributed by atoms with E-state index in [0.717, 1.165) is 27.9 Å². The zero-order chi connectivity index (χ0) is 19.2. The van der Waals surface area contributed by atoms with E-state index in [4.69, 9.17) is 4.74 Å². The predicted octanol–water partition coefficient (Wildman–Crippen LogP) is 5.54. The van der Waals surface area contributed by atoms with E-state index in [-0.39, 0.29) is 5.69 Å². The van der Waals surface area contributed by atoms with Gasteiger partial charge in [0, 0.05) is 23.9 Å². The molecule has 0 heterocycles. The van der Waals surface area contributed by atoms with Crippen molar-refractivity contribution in [2.75, 3.05) is 0 Å². The summed E-state index contributed by atoms with van der Waals surface area (Å²) in [5.74, 6) is 0.713. The van der Waals surface area contributed by atoms with Gasteiger partial charge in [0.15, 0.2) is 0 Å². The Kier molecular flexibility index (Phi) is 5.61. The molecule has 0 amide bonds. The second-order valence-electron chi connectivity index (χ2n) is 6.30. The van der Waals surface area contributed by atoms with Crippen LogP contribution < -0.4 is 4.74 Å². The van der Waals surface area contributed by atoms with Crippen molar-refractivity contribution in [2.24, 2.45) is 4.99 Å². The lowest BCUT2D eigenvalue weighted by molar-refractivity contribution is -0.384. The molecular weight excluding hydrogens is 340 g/mol. The number of hydrogen-bond acceptors (Lipinski definition) is 4. The normalized spacial score (nSPS) is 10.9. The summed E-state index contributed by atoms with van der Waals surface area (Å²) in [6.07, 6.45) is 1.80. The van der Waals surface area contributed by atoms with E-state index < -0.39 is 4.92 Å². The van der Waals surface area contributed by atoms with Crippen LogP contribution in [0.15, 0.2) is 71.7 Å². The maximum absolute atomic E-state index is 10.7. The molecule has 0 saturated heterocycles.